The van der Waals surface area contributed by atoms with Gasteiger partial charge in [0.15, 0.2) is 0 Å². The molecular formula is C44H29NO. The van der Waals surface area contributed by atoms with Crippen molar-refractivity contribution in [2.75, 3.05) is 0 Å². The lowest BCUT2D eigenvalue weighted by Gasteiger charge is -2.14. The van der Waals surface area contributed by atoms with Crippen LogP contribution >= 0.6 is 0 Å². The second kappa shape index (κ2) is 10.8. The fourth-order valence-electron chi connectivity index (χ4n) is 6.91. The highest BCUT2D eigenvalue weighted by molar-refractivity contribution is 6.10. The second-order valence-electron chi connectivity index (χ2n) is 11.7. The second-order valence-corrected chi connectivity index (χ2v) is 11.7. The Bertz CT molecular complexity index is 2460. The van der Waals surface area contributed by atoms with Crippen LogP contribution in [0.3, 0.4) is 0 Å². The average molecular weight is 588 g/mol. The molecule has 0 fully saturated rings. The van der Waals surface area contributed by atoms with Crippen LogP contribution < -0.4 is 0 Å². The molecule has 0 spiro atoms. The monoisotopic (exact) mass is 587 g/mol. The van der Waals surface area contributed by atoms with E-state index in [2.05, 4.69) is 180 Å². The van der Waals surface area contributed by atoms with Crippen molar-refractivity contribution >= 4 is 32.6 Å². The molecule has 216 valence electrons. The quantitative estimate of drug-likeness (QED) is 0.196. The van der Waals surface area contributed by atoms with Gasteiger partial charge in [-0.25, -0.2) is 0 Å². The van der Waals surface area contributed by atoms with Crippen LogP contribution in [0.15, 0.2) is 180 Å². The number of nitrogens with zero attached hydrogens (tertiary/aromatic N) is 1. The smallest absolute Gasteiger partial charge is 0.143 e. The van der Waals surface area contributed by atoms with E-state index in [0.29, 0.717) is 0 Å². The van der Waals surface area contributed by atoms with E-state index in [1.54, 1.807) is 0 Å². The van der Waals surface area contributed by atoms with Gasteiger partial charge in [-0.15, -0.1) is 0 Å². The lowest BCUT2D eigenvalue weighted by Crippen LogP contribution is -1.95. The van der Waals surface area contributed by atoms with E-state index in [4.69, 9.17) is 4.42 Å². The van der Waals surface area contributed by atoms with Crippen LogP contribution in [-0.2, 0) is 0 Å². The number of hydrogen-bond acceptors (Lipinski definition) is 1. The van der Waals surface area contributed by atoms with Gasteiger partial charge in [0.05, 0.1) is 11.0 Å². The molecule has 0 N–H and O–H groups in total. The third kappa shape index (κ3) is 4.27. The van der Waals surface area contributed by atoms with Crippen LogP contribution in [0.1, 0.15) is 0 Å². The SMILES string of the molecule is c1ccc(-c2cccc(-c3oc(-c4cc(-n5c6ccccc6c6ccccc65)ccc4-c4ccccc4)c4ccccc34)c2)cc1. The third-order valence-corrected chi connectivity index (χ3v) is 9.02. The van der Waals surface area contributed by atoms with Gasteiger partial charge >= 0.3 is 0 Å². The van der Waals surface area contributed by atoms with Gasteiger partial charge in [-0.2, -0.15) is 0 Å². The van der Waals surface area contributed by atoms with Crippen LogP contribution in [0.25, 0.3) is 83.2 Å². The van der Waals surface area contributed by atoms with Gasteiger partial charge in [0.25, 0.3) is 0 Å². The molecule has 0 bridgehead atoms. The summed E-state index contributed by atoms with van der Waals surface area (Å²) >= 11 is 0. The van der Waals surface area contributed by atoms with Gasteiger partial charge in [0.2, 0.25) is 0 Å². The highest BCUT2D eigenvalue weighted by Gasteiger charge is 2.21. The van der Waals surface area contributed by atoms with E-state index in [1.807, 2.05) is 0 Å². The van der Waals surface area contributed by atoms with Gasteiger partial charge in [0, 0.05) is 38.4 Å². The first-order valence-electron chi connectivity index (χ1n) is 15.7. The Hall–Kier alpha value is -6.12. The van der Waals surface area contributed by atoms with Gasteiger partial charge in [-0.3, -0.25) is 0 Å². The Morgan fingerprint density at radius 2 is 0.848 bits per heavy atom. The molecule has 2 nitrogen and oxygen atoms in total. The molecule has 0 saturated heterocycles. The van der Waals surface area contributed by atoms with Crippen LogP contribution in [0, 0.1) is 0 Å². The molecule has 2 heterocycles. The first-order chi connectivity index (χ1) is 22.8. The Labute approximate surface area is 267 Å². The van der Waals surface area contributed by atoms with Crippen molar-refractivity contribution in [3.63, 3.8) is 0 Å². The number of hydrogen-bond donors (Lipinski definition) is 0. The van der Waals surface area contributed by atoms with Crippen molar-refractivity contribution in [1.82, 2.24) is 4.57 Å². The van der Waals surface area contributed by atoms with Crippen molar-refractivity contribution in [3.05, 3.63) is 176 Å². The molecule has 2 heteroatoms. The van der Waals surface area contributed by atoms with Gasteiger partial charge < -0.3 is 8.98 Å². The molecule has 46 heavy (non-hydrogen) atoms. The summed E-state index contributed by atoms with van der Waals surface area (Å²) in [6, 6.07) is 62.4. The summed E-state index contributed by atoms with van der Waals surface area (Å²) < 4.78 is 9.40. The number of rotatable bonds is 5. The molecule has 0 saturated carbocycles. The number of benzene rings is 7. The van der Waals surface area contributed by atoms with Crippen LogP contribution in [0.4, 0.5) is 0 Å². The Kier molecular flexibility index (Phi) is 6.17. The molecule has 0 aliphatic heterocycles. The van der Waals surface area contributed by atoms with Crippen LogP contribution in [0.2, 0.25) is 0 Å². The summed E-state index contributed by atoms with van der Waals surface area (Å²) in [7, 11) is 0. The minimum absolute atomic E-state index is 0.872. The average Bonchev–Trinajstić information content (AvgIpc) is 3.69. The summed E-state index contributed by atoms with van der Waals surface area (Å²) in [5.41, 5.74) is 10.2. The van der Waals surface area contributed by atoms with Gasteiger partial charge in [-0.05, 0) is 52.6 Å². The summed E-state index contributed by atoms with van der Waals surface area (Å²) in [4.78, 5) is 0. The molecule has 0 radical (unpaired) electrons. The molecule has 0 amide bonds. The highest BCUT2D eigenvalue weighted by Crippen LogP contribution is 2.44. The summed E-state index contributed by atoms with van der Waals surface area (Å²) in [5.74, 6) is 1.75. The summed E-state index contributed by atoms with van der Waals surface area (Å²) in [6.07, 6.45) is 0. The van der Waals surface area contributed by atoms with E-state index in [1.165, 1.54) is 32.9 Å². The number of aromatic nitrogens is 1. The minimum atomic E-state index is 0.872. The van der Waals surface area contributed by atoms with Crippen molar-refractivity contribution in [1.29, 1.82) is 0 Å². The fourth-order valence-corrected chi connectivity index (χ4v) is 6.91. The van der Waals surface area contributed by atoms with Crippen molar-refractivity contribution < 1.29 is 4.42 Å². The van der Waals surface area contributed by atoms with E-state index in [9.17, 15) is 0 Å². The first-order valence-corrected chi connectivity index (χ1v) is 15.7. The maximum atomic E-state index is 7.03. The predicted octanol–water partition coefficient (Wildman–Crippen LogP) is 12.2. The molecule has 9 rings (SSSR count). The largest absolute Gasteiger partial charge is 0.455 e. The molecule has 0 unspecified atom stereocenters. The molecule has 2 aromatic heterocycles. The zero-order chi connectivity index (χ0) is 30.5. The lowest BCUT2D eigenvalue weighted by atomic mass is 9.95. The third-order valence-electron chi connectivity index (χ3n) is 9.02. The standard InChI is InChI=1S/C44H29NO/c1-3-14-30(15-4-1)32-18-13-19-33(28-32)43-38-22-7-8-23-39(38)44(46-43)40-29-34(26-27-35(40)31-16-5-2-6-17-31)45-41-24-11-9-20-36(41)37-21-10-12-25-42(37)45/h1-29H. The van der Waals surface area contributed by atoms with Crippen LogP contribution in [0.5, 0.6) is 0 Å². The summed E-state index contributed by atoms with van der Waals surface area (Å²) in [5, 5.41) is 4.69. The predicted molar refractivity (Wildman–Crippen MR) is 192 cm³/mol. The number of para-hydroxylation sites is 2. The highest BCUT2D eigenvalue weighted by atomic mass is 16.3. The van der Waals surface area contributed by atoms with Crippen molar-refractivity contribution in [2.24, 2.45) is 0 Å². The van der Waals surface area contributed by atoms with Crippen LogP contribution in [-0.4, -0.2) is 4.57 Å². The molecular weight excluding hydrogens is 558 g/mol. The zero-order valence-electron chi connectivity index (χ0n) is 25.1. The normalized spacial score (nSPS) is 11.5. The summed E-state index contributed by atoms with van der Waals surface area (Å²) in [6.45, 7) is 0. The minimum Gasteiger partial charge on any atom is -0.455 e. The Morgan fingerprint density at radius 1 is 0.326 bits per heavy atom. The fraction of sp³-hybridized carbons (Fsp3) is 0. The maximum Gasteiger partial charge on any atom is 0.143 e. The molecule has 9 aromatic rings. The number of fused-ring (bicyclic) bond motifs is 4. The molecule has 0 aliphatic carbocycles. The molecule has 7 aromatic carbocycles. The zero-order valence-corrected chi connectivity index (χ0v) is 25.1. The Morgan fingerprint density at radius 3 is 1.52 bits per heavy atom. The van der Waals surface area contributed by atoms with Gasteiger partial charge in [0.1, 0.15) is 11.5 Å². The maximum absolute atomic E-state index is 7.03. The van der Waals surface area contributed by atoms with Crippen molar-refractivity contribution in [3.8, 4) is 50.6 Å². The molecule has 0 aliphatic rings. The van der Waals surface area contributed by atoms with E-state index in [0.717, 1.165) is 50.2 Å². The Balaban J connectivity index is 1.31. The lowest BCUT2D eigenvalue weighted by molar-refractivity contribution is 0.602. The molecule has 0 atom stereocenters. The topological polar surface area (TPSA) is 18.1 Å². The van der Waals surface area contributed by atoms with Crippen molar-refractivity contribution in [2.45, 2.75) is 0 Å². The van der Waals surface area contributed by atoms with E-state index < -0.39 is 0 Å². The number of furan rings is 1. The van der Waals surface area contributed by atoms with E-state index >= 15 is 0 Å². The first kappa shape index (κ1) is 26.3. The van der Waals surface area contributed by atoms with Gasteiger partial charge in [-0.1, -0.05) is 146 Å². The van der Waals surface area contributed by atoms with E-state index in [-0.39, 0.29) is 0 Å².